The van der Waals surface area contributed by atoms with Crippen LogP contribution in [0.25, 0.3) is 0 Å². The molecule has 0 atom stereocenters. The van der Waals surface area contributed by atoms with Crippen molar-refractivity contribution >= 4 is 17.6 Å². The molecule has 0 saturated carbocycles. The highest BCUT2D eigenvalue weighted by atomic mass is 16.5. The van der Waals surface area contributed by atoms with Crippen molar-refractivity contribution in [3.8, 4) is 0 Å². The average Bonchev–Trinajstić information content (AvgIpc) is 2.47. The second-order valence-electron chi connectivity index (χ2n) is 4.62. The Balaban J connectivity index is 1.89. The maximum atomic E-state index is 11.3. The molecule has 0 aliphatic carbocycles. The molecule has 21 heavy (non-hydrogen) atoms. The highest BCUT2D eigenvalue weighted by molar-refractivity contribution is 5.84. The summed E-state index contributed by atoms with van der Waals surface area (Å²) in [6, 6.07) is 11.9. The minimum Gasteiger partial charge on any atom is -0.450 e. The van der Waals surface area contributed by atoms with Crippen molar-refractivity contribution in [2.24, 2.45) is 0 Å². The van der Waals surface area contributed by atoms with Gasteiger partial charge >= 0.3 is 6.09 Å². The summed E-state index contributed by atoms with van der Waals surface area (Å²) in [5.41, 5.74) is 3.04. The molecule has 1 aromatic carbocycles. The molecule has 2 N–H and O–H groups in total. The summed E-state index contributed by atoms with van der Waals surface area (Å²) in [6.07, 6.45) is 1.12. The summed E-state index contributed by atoms with van der Waals surface area (Å²) < 4.78 is 4.80. The Morgan fingerprint density at radius 2 is 2.14 bits per heavy atom. The number of ether oxygens (including phenoxy) is 1. The van der Waals surface area contributed by atoms with Crippen LogP contribution in [0.15, 0.2) is 42.6 Å². The van der Waals surface area contributed by atoms with Gasteiger partial charge in [0.25, 0.3) is 0 Å². The van der Waals surface area contributed by atoms with Crippen molar-refractivity contribution in [1.82, 2.24) is 4.98 Å². The first-order valence-electron chi connectivity index (χ1n) is 6.86. The van der Waals surface area contributed by atoms with E-state index >= 15 is 0 Å². The number of nitrogens with one attached hydrogen (secondary N) is 2. The zero-order valence-corrected chi connectivity index (χ0v) is 12.2. The number of carbonyl (C=O) groups excluding carboxylic acids is 1. The molecule has 5 nitrogen and oxygen atoms in total. The normalized spacial score (nSPS) is 10.0. The Labute approximate surface area is 124 Å². The lowest BCUT2D eigenvalue weighted by Gasteiger charge is -2.08. The number of hydrogen-bond acceptors (Lipinski definition) is 4. The third kappa shape index (κ3) is 4.80. The SMILES string of the molecule is CCOC(=O)Nc1ccc(NCc2cccc(C)c2)nc1. The maximum Gasteiger partial charge on any atom is 0.411 e. The van der Waals surface area contributed by atoms with Crippen LogP contribution in [0.3, 0.4) is 0 Å². The molecular weight excluding hydrogens is 266 g/mol. The van der Waals surface area contributed by atoms with Gasteiger partial charge in [0.05, 0.1) is 18.5 Å². The number of nitrogens with zero attached hydrogens (tertiary/aromatic N) is 1. The summed E-state index contributed by atoms with van der Waals surface area (Å²) >= 11 is 0. The van der Waals surface area contributed by atoms with Gasteiger partial charge in [-0.1, -0.05) is 29.8 Å². The van der Waals surface area contributed by atoms with Crippen molar-refractivity contribution in [2.45, 2.75) is 20.4 Å². The lowest BCUT2D eigenvalue weighted by Crippen LogP contribution is -2.13. The van der Waals surface area contributed by atoms with Crippen molar-refractivity contribution in [1.29, 1.82) is 0 Å². The Morgan fingerprint density at radius 3 is 2.81 bits per heavy atom. The second kappa shape index (κ2) is 7.28. The number of anilines is 2. The third-order valence-electron chi connectivity index (χ3n) is 2.84. The van der Waals surface area contributed by atoms with Crippen LogP contribution in [0.4, 0.5) is 16.3 Å². The minimum absolute atomic E-state index is 0.343. The Bertz CT molecular complexity index is 597. The second-order valence-corrected chi connectivity index (χ2v) is 4.62. The molecule has 0 aliphatic heterocycles. The van der Waals surface area contributed by atoms with Crippen LogP contribution < -0.4 is 10.6 Å². The van der Waals surface area contributed by atoms with E-state index in [9.17, 15) is 4.79 Å². The lowest BCUT2D eigenvalue weighted by molar-refractivity contribution is 0.168. The monoisotopic (exact) mass is 285 g/mol. The molecule has 0 radical (unpaired) electrons. The van der Waals surface area contributed by atoms with Gasteiger partial charge in [-0.15, -0.1) is 0 Å². The van der Waals surface area contributed by atoms with Gasteiger partial charge in [0.1, 0.15) is 5.82 Å². The highest BCUT2D eigenvalue weighted by Crippen LogP contribution is 2.12. The van der Waals surface area contributed by atoms with Crippen LogP contribution in [0.1, 0.15) is 18.1 Å². The fraction of sp³-hybridized carbons (Fsp3) is 0.250. The molecule has 0 fully saturated rings. The fourth-order valence-corrected chi connectivity index (χ4v) is 1.87. The molecule has 5 heteroatoms. The smallest absolute Gasteiger partial charge is 0.411 e. The van der Waals surface area contributed by atoms with Crippen molar-refractivity contribution < 1.29 is 9.53 Å². The summed E-state index contributed by atoms with van der Waals surface area (Å²) in [5.74, 6) is 0.755. The third-order valence-corrected chi connectivity index (χ3v) is 2.84. The topological polar surface area (TPSA) is 63.2 Å². The van der Waals surface area contributed by atoms with Gasteiger partial charge < -0.3 is 10.1 Å². The van der Waals surface area contributed by atoms with Gasteiger partial charge in [0.15, 0.2) is 0 Å². The van der Waals surface area contributed by atoms with E-state index in [-0.39, 0.29) is 0 Å². The van der Waals surface area contributed by atoms with Crippen LogP contribution in [-0.2, 0) is 11.3 Å². The van der Waals surface area contributed by atoms with Crippen molar-refractivity contribution in [2.75, 3.05) is 17.2 Å². The molecule has 0 saturated heterocycles. The molecule has 1 heterocycles. The standard InChI is InChI=1S/C16H19N3O2/c1-3-21-16(20)19-14-7-8-15(18-11-14)17-10-13-6-4-5-12(2)9-13/h4-9,11H,3,10H2,1-2H3,(H,17,18)(H,19,20). The summed E-state index contributed by atoms with van der Waals surface area (Å²) in [7, 11) is 0. The van der Waals surface area contributed by atoms with Gasteiger partial charge in [-0.05, 0) is 31.5 Å². The maximum absolute atomic E-state index is 11.3. The zero-order chi connectivity index (χ0) is 15.1. The predicted molar refractivity (Wildman–Crippen MR) is 83.4 cm³/mol. The van der Waals surface area contributed by atoms with Crippen LogP contribution in [0.2, 0.25) is 0 Å². The first-order chi connectivity index (χ1) is 10.2. The molecule has 2 aromatic rings. The van der Waals surface area contributed by atoms with Gasteiger partial charge in [0.2, 0.25) is 0 Å². The first-order valence-corrected chi connectivity index (χ1v) is 6.86. The number of aryl methyl sites for hydroxylation is 1. The predicted octanol–water partition coefficient (Wildman–Crippen LogP) is 3.57. The number of amides is 1. The molecule has 0 bridgehead atoms. The molecule has 0 aliphatic rings. The largest absolute Gasteiger partial charge is 0.450 e. The Morgan fingerprint density at radius 1 is 1.29 bits per heavy atom. The zero-order valence-electron chi connectivity index (χ0n) is 12.2. The highest BCUT2D eigenvalue weighted by Gasteiger charge is 2.02. The van der Waals surface area contributed by atoms with Crippen LogP contribution in [0.5, 0.6) is 0 Å². The number of hydrogen-bond donors (Lipinski definition) is 2. The lowest BCUT2D eigenvalue weighted by atomic mass is 10.1. The molecular formula is C16H19N3O2. The Hall–Kier alpha value is -2.56. The van der Waals surface area contributed by atoms with Gasteiger partial charge in [-0.3, -0.25) is 5.32 Å². The van der Waals surface area contributed by atoms with E-state index in [0.29, 0.717) is 18.8 Å². The molecule has 1 amide bonds. The quantitative estimate of drug-likeness (QED) is 0.881. The fourth-order valence-electron chi connectivity index (χ4n) is 1.87. The van der Waals surface area contributed by atoms with E-state index in [1.165, 1.54) is 11.1 Å². The first kappa shape index (κ1) is 14.8. The van der Waals surface area contributed by atoms with Crippen molar-refractivity contribution in [3.05, 3.63) is 53.7 Å². The van der Waals surface area contributed by atoms with Crippen LogP contribution in [0, 0.1) is 6.92 Å². The molecule has 110 valence electrons. The van der Waals surface area contributed by atoms with E-state index in [0.717, 1.165) is 5.82 Å². The Kier molecular flexibility index (Phi) is 5.15. The van der Waals surface area contributed by atoms with Crippen LogP contribution >= 0.6 is 0 Å². The van der Waals surface area contributed by atoms with E-state index in [2.05, 4.69) is 40.7 Å². The molecule has 1 aromatic heterocycles. The number of pyridine rings is 1. The summed E-state index contributed by atoms with van der Waals surface area (Å²) in [5, 5.41) is 5.84. The number of aromatic nitrogens is 1. The van der Waals surface area contributed by atoms with E-state index in [4.69, 9.17) is 4.74 Å². The van der Waals surface area contributed by atoms with Crippen LogP contribution in [-0.4, -0.2) is 17.7 Å². The van der Waals surface area contributed by atoms with Gasteiger partial charge in [-0.25, -0.2) is 9.78 Å². The molecule has 2 rings (SSSR count). The molecule has 0 unspecified atom stereocenters. The van der Waals surface area contributed by atoms with E-state index in [1.807, 2.05) is 12.1 Å². The minimum atomic E-state index is -0.472. The van der Waals surface area contributed by atoms with E-state index < -0.39 is 6.09 Å². The average molecular weight is 285 g/mol. The van der Waals surface area contributed by atoms with Gasteiger partial charge in [-0.2, -0.15) is 0 Å². The molecule has 0 spiro atoms. The number of benzene rings is 1. The number of carbonyl (C=O) groups is 1. The van der Waals surface area contributed by atoms with E-state index in [1.54, 1.807) is 19.2 Å². The van der Waals surface area contributed by atoms with Gasteiger partial charge in [0, 0.05) is 6.54 Å². The summed E-state index contributed by atoms with van der Waals surface area (Å²) in [6.45, 7) is 4.88. The number of rotatable bonds is 5. The summed E-state index contributed by atoms with van der Waals surface area (Å²) in [4.78, 5) is 15.5. The van der Waals surface area contributed by atoms with Crippen molar-refractivity contribution in [3.63, 3.8) is 0 Å².